The van der Waals surface area contributed by atoms with Crippen molar-refractivity contribution >= 4 is 21.8 Å². The maximum atomic E-state index is 12.6. The quantitative estimate of drug-likeness (QED) is 0.890. The summed E-state index contributed by atoms with van der Waals surface area (Å²) in [4.78, 5) is 24.5. The van der Waals surface area contributed by atoms with Crippen LogP contribution in [-0.4, -0.2) is 36.6 Å². The lowest BCUT2D eigenvalue weighted by Gasteiger charge is -2.15. The molecular weight excluding hydrogens is 316 g/mol. The highest BCUT2D eigenvalue weighted by atomic mass is 32.2. The van der Waals surface area contributed by atoms with Gasteiger partial charge < -0.3 is 5.32 Å². The van der Waals surface area contributed by atoms with Gasteiger partial charge >= 0.3 is 0 Å². The molecule has 1 N–H and O–H groups in total. The van der Waals surface area contributed by atoms with Crippen LogP contribution in [0, 0.1) is 0 Å². The van der Waals surface area contributed by atoms with Crippen molar-refractivity contribution in [1.29, 1.82) is 0 Å². The molecule has 0 atom stereocenters. The molecule has 1 aromatic rings. The summed E-state index contributed by atoms with van der Waals surface area (Å²) in [5.74, 6) is -0.788. The maximum Gasteiger partial charge on any atom is 0.269 e. The lowest BCUT2D eigenvalue weighted by Crippen LogP contribution is -2.33. The van der Waals surface area contributed by atoms with E-state index in [0.29, 0.717) is 12.8 Å². The second-order valence-electron chi connectivity index (χ2n) is 6.04. The van der Waals surface area contributed by atoms with Gasteiger partial charge in [-0.2, -0.15) is 0 Å². The number of carbonyl (C=O) groups is 2. The molecule has 6 nitrogen and oxygen atoms in total. The number of carbonyl (C=O) groups excluding carboxylic acids is 2. The summed E-state index contributed by atoms with van der Waals surface area (Å²) in [6.45, 7) is 3.96. The highest BCUT2D eigenvalue weighted by Gasteiger charge is 2.48. The Bertz CT molecular complexity index is 764. The van der Waals surface area contributed by atoms with Gasteiger partial charge in [0.1, 0.15) is 4.90 Å². The lowest BCUT2D eigenvalue weighted by molar-refractivity contribution is 0.0863. The van der Waals surface area contributed by atoms with E-state index in [4.69, 9.17) is 0 Å². The highest BCUT2D eigenvalue weighted by Crippen LogP contribution is 2.39. The van der Waals surface area contributed by atoms with Crippen LogP contribution in [0.1, 0.15) is 60.2 Å². The van der Waals surface area contributed by atoms with Crippen LogP contribution in [0.15, 0.2) is 23.1 Å². The molecule has 0 saturated heterocycles. The van der Waals surface area contributed by atoms with Gasteiger partial charge in [-0.15, -0.1) is 0 Å². The van der Waals surface area contributed by atoms with Crippen LogP contribution in [0.25, 0.3) is 0 Å². The number of rotatable bonds is 5. The fourth-order valence-corrected chi connectivity index (χ4v) is 4.66. The molecule has 1 heterocycles. The standard InChI is InChI=1S/C16H20N2O4S/c1-3-11(4-2)17-15(19)10-5-8-13-14(9-10)23(21,22)18(16(13)20)12-6-7-12/h5,8-9,11-12H,3-4,6-7H2,1-2H3,(H,17,19). The van der Waals surface area contributed by atoms with E-state index in [9.17, 15) is 18.0 Å². The molecule has 23 heavy (non-hydrogen) atoms. The van der Waals surface area contributed by atoms with E-state index in [1.165, 1.54) is 18.2 Å². The van der Waals surface area contributed by atoms with Crippen molar-refractivity contribution in [2.45, 2.75) is 56.5 Å². The van der Waals surface area contributed by atoms with Gasteiger partial charge in [-0.3, -0.25) is 9.59 Å². The molecule has 1 aromatic carbocycles. The fraction of sp³-hybridized carbons (Fsp3) is 0.500. The first-order chi connectivity index (χ1) is 10.9. The zero-order valence-corrected chi connectivity index (χ0v) is 14.0. The van der Waals surface area contributed by atoms with Gasteiger partial charge in [0.2, 0.25) is 0 Å². The lowest BCUT2D eigenvalue weighted by atomic mass is 10.1. The van der Waals surface area contributed by atoms with E-state index in [1.807, 2.05) is 13.8 Å². The van der Waals surface area contributed by atoms with Crippen molar-refractivity contribution in [2.24, 2.45) is 0 Å². The third-order valence-corrected chi connectivity index (χ3v) is 6.29. The molecule has 0 bridgehead atoms. The Morgan fingerprint density at radius 1 is 1.30 bits per heavy atom. The molecule has 2 aliphatic rings. The van der Waals surface area contributed by atoms with E-state index in [2.05, 4.69) is 5.32 Å². The van der Waals surface area contributed by atoms with Crippen LogP contribution >= 0.6 is 0 Å². The predicted molar refractivity (Wildman–Crippen MR) is 84.7 cm³/mol. The monoisotopic (exact) mass is 336 g/mol. The topological polar surface area (TPSA) is 83.6 Å². The molecule has 0 aromatic heterocycles. The number of amides is 2. The average molecular weight is 336 g/mol. The largest absolute Gasteiger partial charge is 0.349 e. The number of nitrogens with zero attached hydrogens (tertiary/aromatic N) is 1. The predicted octanol–water partition coefficient (Wildman–Crippen LogP) is 1.91. The van der Waals surface area contributed by atoms with Gasteiger partial charge in [0.05, 0.1) is 5.56 Å². The van der Waals surface area contributed by atoms with E-state index in [0.717, 1.165) is 17.1 Å². The maximum absolute atomic E-state index is 12.6. The number of hydrogen-bond acceptors (Lipinski definition) is 4. The SMILES string of the molecule is CCC(CC)NC(=O)c1ccc2c(c1)S(=O)(=O)N(C1CC1)C2=O. The second-order valence-corrected chi connectivity index (χ2v) is 7.82. The Balaban J connectivity index is 1.93. The molecule has 1 saturated carbocycles. The molecule has 124 valence electrons. The summed E-state index contributed by atoms with van der Waals surface area (Å²) in [5, 5.41) is 2.88. The molecule has 0 spiro atoms. The van der Waals surface area contributed by atoms with Crippen molar-refractivity contribution in [1.82, 2.24) is 9.62 Å². The van der Waals surface area contributed by atoms with E-state index >= 15 is 0 Å². The Hall–Kier alpha value is -1.89. The molecule has 1 aliphatic carbocycles. The summed E-state index contributed by atoms with van der Waals surface area (Å²) >= 11 is 0. The number of hydrogen-bond donors (Lipinski definition) is 1. The zero-order valence-electron chi connectivity index (χ0n) is 13.2. The van der Waals surface area contributed by atoms with Gasteiger partial charge in [-0.25, -0.2) is 12.7 Å². The highest BCUT2D eigenvalue weighted by molar-refractivity contribution is 7.90. The summed E-state index contributed by atoms with van der Waals surface area (Å²) in [6.07, 6.45) is 3.03. The van der Waals surface area contributed by atoms with Gasteiger partial charge in [0.25, 0.3) is 21.8 Å². The van der Waals surface area contributed by atoms with Crippen LogP contribution in [0.3, 0.4) is 0 Å². The van der Waals surface area contributed by atoms with E-state index < -0.39 is 15.9 Å². The van der Waals surface area contributed by atoms with Gasteiger partial charge in [-0.1, -0.05) is 13.8 Å². The van der Waals surface area contributed by atoms with Gasteiger partial charge in [0.15, 0.2) is 0 Å². The van der Waals surface area contributed by atoms with Crippen LogP contribution in [-0.2, 0) is 10.0 Å². The number of fused-ring (bicyclic) bond motifs is 1. The summed E-state index contributed by atoms with van der Waals surface area (Å²) in [5.41, 5.74) is 0.431. The van der Waals surface area contributed by atoms with Crippen LogP contribution in [0.2, 0.25) is 0 Å². The molecular formula is C16H20N2O4S. The van der Waals surface area contributed by atoms with E-state index in [1.54, 1.807) is 0 Å². The molecule has 0 radical (unpaired) electrons. The fourth-order valence-electron chi connectivity index (χ4n) is 2.82. The molecule has 1 fully saturated rings. The minimum atomic E-state index is -3.82. The van der Waals surface area contributed by atoms with Crippen molar-refractivity contribution in [3.63, 3.8) is 0 Å². The van der Waals surface area contributed by atoms with Crippen molar-refractivity contribution in [2.75, 3.05) is 0 Å². The summed E-state index contributed by atoms with van der Waals surface area (Å²) in [7, 11) is -3.82. The number of nitrogens with one attached hydrogen (secondary N) is 1. The van der Waals surface area contributed by atoms with E-state index in [-0.39, 0.29) is 34.0 Å². The molecule has 0 unspecified atom stereocenters. The summed E-state index contributed by atoms with van der Waals surface area (Å²) in [6, 6.07) is 4.11. The first kappa shape index (κ1) is 16.0. The van der Waals surface area contributed by atoms with Crippen molar-refractivity contribution in [3.05, 3.63) is 29.3 Å². The van der Waals surface area contributed by atoms with Crippen LogP contribution < -0.4 is 5.32 Å². The number of benzene rings is 1. The van der Waals surface area contributed by atoms with Crippen molar-refractivity contribution in [3.8, 4) is 0 Å². The minimum Gasteiger partial charge on any atom is -0.349 e. The third-order valence-electron chi connectivity index (χ3n) is 4.41. The first-order valence-corrected chi connectivity index (χ1v) is 9.37. The first-order valence-electron chi connectivity index (χ1n) is 7.93. The zero-order chi connectivity index (χ0) is 16.8. The van der Waals surface area contributed by atoms with Crippen LogP contribution in [0.5, 0.6) is 0 Å². The summed E-state index contributed by atoms with van der Waals surface area (Å²) < 4.78 is 26.1. The minimum absolute atomic E-state index is 0.0494. The Kier molecular flexibility index (Phi) is 3.91. The molecule has 3 rings (SSSR count). The van der Waals surface area contributed by atoms with Gasteiger partial charge in [0, 0.05) is 17.6 Å². The Morgan fingerprint density at radius 3 is 2.52 bits per heavy atom. The van der Waals surface area contributed by atoms with Gasteiger partial charge in [-0.05, 0) is 43.9 Å². The Labute approximate surface area is 135 Å². The van der Waals surface area contributed by atoms with Crippen LogP contribution in [0.4, 0.5) is 0 Å². The second kappa shape index (κ2) is 5.63. The number of sulfonamides is 1. The third kappa shape index (κ3) is 2.63. The molecule has 2 amide bonds. The average Bonchev–Trinajstić information content (AvgIpc) is 3.33. The molecule has 7 heteroatoms. The Morgan fingerprint density at radius 2 is 1.96 bits per heavy atom. The molecule has 1 aliphatic heterocycles. The normalized spacial score (nSPS) is 19.1. The van der Waals surface area contributed by atoms with Crippen molar-refractivity contribution < 1.29 is 18.0 Å². The smallest absolute Gasteiger partial charge is 0.269 e.